The van der Waals surface area contributed by atoms with Gasteiger partial charge in [0.15, 0.2) is 11.5 Å². The summed E-state index contributed by atoms with van der Waals surface area (Å²) in [4.78, 5) is 11.7. The van der Waals surface area contributed by atoms with Gasteiger partial charge in [-0.2, -0.15) is 0 Å². The van der Waals surface area contributed by atoms with Crippen molar-refractivity contribution in [2.45, 2.75) is 24.3 Å². The van der Waals surface area contributed by atoms with Crippen LogP contribution in [0, 0.1) is 0 Å². The zero-order valence-corrected chi connectivity index (χ0v) is 16.5. The Bertz CT molecular complexity index is 910. The van der Waals surface area contributed by atoms with Gasteiger partial charge in [0.1, 0.15) is 0 Å². The highest BCUT2D eigenvalue weighted by atomic mass is 32.2. The normalized spacial score (nSPS) is 12.3. The molecule has 0 fully saturated rings. The van der Waals surface area contributed by atoms with Gasteiger partial charge in [0.25, 0.3) is 0 Å². The van der Waals surface area contributed by atoms with Gasteiger partial charge in [-0.3, -0.25) is 0 Å². The number of esters is 1. The molecule has 0 aliphatic rings. The Kier molecular flexibility index (Phi) is 6.81. The molecule has 1 atom stereocenters. The summed E-state index contributed by atoms with van der Waals surface area (Å²) in [5.74, 6) is 0.476. The van der Waals surface area contributed by atoms with Gasteiger partial charge in [-0.25, -0.2) is 17.9 Å². The summed E-state index contributed by atoms with van der Waals surface area (Å²) >= 11 is 0. The molecule has 0 radical (unpaired) electrons. The molecule has 0 aromatic heterocycles. The van der Waals surface area contributed by atoms with Crippen molar-refractivity contribution in [3.05, 3.63) is 53.6 Å². The van der Waals surface area contributed by atoms with E-state index in [1.165, 1.54) is 45.6 Å². The van der Waals surface area contributed by atoms with Crippen LogP contribution in [0.1, 0.15) is 35.3 Å². The minimum absolute atomic E-state index is 0.00988. The Balaban J connectivity index is 2.33. The smallest absolute Gasteiger partial charge is 0.337 e. The van der Waals surface area contributed by atoms with Crippen LogP contribution in [0.15, 0.2) is 47.4 Å². The van der Waals surface area contributed by atoms with Crippen LogP contribution in [-0.2, 0) is 14.8 Å². The number of hydrogen-bond acceptors (Lipinski definition) is 6. The van der Waals surface area contributed by atoms with E-state index >= 15 is 0 Å². The van der Waals surface area contributed by atoms with E-state index in [1.807, 2.05) is 6.92 Å². The Labute approximate surface area is 159 Å². The fourth-order valence-electron chi connectivity index (χ4n) is 2.62. The van der Waals surface area contributed by atoms with Crippen LogP contribution in [0.5, 0.6) is 11.5 Å². The molecule has 0 amide bonds. The van der Waals surface area contributed by atoms with Crippen LogP contribution in [0.25, 0.3) is 0 Å². The third-order valence-corrected chi connectivity index (χ3v) is 5.55. The number of carbonyl (C=O) groups excluding carboxylic acids is 1. The maximum atomic E-state index is 12.8. The highest BCUT2D eigenvalue weighted by molar-refractivity contribution is 7.89. The first kappa shape index (κ1) is 20.7. The lowest BCUT2D eigenvalue weighted by Gasteiger charge is -2.19. The predicted molar refractivity (Wildman–Crippen MR) is 101 cm³/mol. The molecule has 0 unspecified atom stereocenters. The van der Waals surface area contributed by atoms with Crippen LogP contribution in [0.4, 0.5) is 0 Å². The number of methoxy groups -OCH3 is 3. The minimum Gasteiger partial charge on any atom is -0.493 e. The molecule has 0 saturated heterocycles. The lowest BCUT2D eigenvalue weighted by Crippen LogP contribution is -2.28. The quantitative estimate of drug-likeness (QED) is 0.694. The maximum Gasteiger partial charge on any atom is 0.337 e. The third-order valence-electron chi connectivity index (χ3n) is 4.08. The molecule has 2 aromatic carbocycles. The van der Waals surface area contributed by atoms with E-state index in [-0.39, 0.29) is 10.5 Å². The molecule has 8 heteroatoms. The molecule has 146 valence electrons. The summed E-state index contributed by atoms with van der Waals surface area (Å²) in [5.41, 5.74) is 0.905. The molecule has 0 heterocycles. The third kappa shape index (κ3) is 4.78. The lowest BCUT2D eigenvalue weighted by molar-refractivity contribution is 0.0600. The first-order chi connectivity index (χ1) is 12.9. The predicted octanol–water partition coefficient (Wildman–Crippen LogP) is 2.92. The molecule has 1 N–H and O–H groups in total. The molecule has 0 aliphatic carbocycles. The monoisotopic (exact) mass is 393 g/mol. The van der Waals surface area contributed by atoms with Gasteiger partial charge >= 0.3 is 5.97 Å². The van der Waals surface area contributed by atoms with Crippen molar-refractivity contribution in [2.75, 3.05) is 21.3 Å². The molecule has 2 rings (SSSR count). The largest absolute Gasteiger partial charge is 0.493 e. The summed E-state index contributed by atoms with van der Waals surface area (Å²) in [7, 11) is 0.445. The minimum atomic E-state index is -3.85. The first-order valence-electron chi connectivity index (χ1n) is 8.28. The Hall–Kier alpha value is -2.58. The molecule has 0 aliphatic heterocycles. The first-order valence-corrected chi connectivity index (χ1v) is 9.77. The highest BCUT2D eigenvalue weighted by Crippen LogP contribution is 2.31. The van der Waals surface area contributed by atoms with Crippen molar-refractivity contribution in [3.8, 4) is 11.5 Å². The standard InChI is InChI=1S/C19H23NO6S/c1-5-16(13-9-10-17(24-2)18(12-13)25-3)20-27(22,23)15-8-6-7-14(11-15)19(21)26-4/h6-12,16,20H,5H2,1-4H3/t16-/m0/s1. The number of hydrogen-bond donors (Lipinski definition) is 1. The molecular weight excluding hydrogens is 370 g/mol. The van der Waals surface area contributed by atoms with E-state index in [4.69, 9.17) is 9.47 Å². The van der Waals surface area contributed by atoms with Crippen molar-refractivity contribution in [3.63, 3.8) is 0 Å². The van der Waals surface area contributed by atoms with Crippen LogP contribution >= 0.6 is 0 Å². The summed E-state index contributed by atoms with van der Waals surface area (Å²) in [5, 5.41) is 0. The number of nitrogens with one attached hydrogen (secondary N) is 1. The van der Waals surface area contributed by atoms with Crippen LogP contribution in [0.3, 0.4) is 0 Å². The van der Waals surface area contributed by atoms with Crippen molar-refractivity contribution in [1.29, 1.82) is 0 Å². The van der Waals surface area contributed by atoms with Gasteiger partial charge in [-0.15, -0.1) is 0 Å². The van der Waals surface area contributed by atoms with Crippen LogP contribution in [-0.4, -0.2) is 35.7 Å². The van der Waals surface area contributed by atoms with Crippen molar-refractivity contribution in [2.24, 2.45) is 0 Å². The molecule has 0 bridgehead atoms. The SMILES string of the molecule is CC[C@H](NS(=O)(=O)c1cccc(C(=O)OC)c1)c1ccc(OC)c(OC)c1. The highest BCUT2D eigenvalue weighted by Gasteiger charge is 2.22. The van der Waals surface area contributed by atoms with E-state index < -0.39 is 22.0 Å². The van der Waals surface area contributed by atoms with Gasteiger partial charge < -0.3 is 14.2 Å². The summed E-state index contributed by atoms with van der Waals surface area (Å²) in [6, 6.07) is 10.5. The number of carbonyl (C=O) groups is 1. The molecule has 2 aromatic rings. The topological polar surface area (TPSA) is 90.9 Å². The van der Waals surface area contributed by atoms with Gasteiger partial charge in [-0.1, -0.05) is 19.1 Å². The molecule has 0 spiro atoms. The molecule has 27 heavy (non-hydrogen) atoms. The second-order valence-corrected chi connectivity index (χ2v) is 7.43. The second-order valence-electron chi connectivity index (χ2n) is 5.72. The number of rotatable bonds is 8. The van der Waals surface area contributed by atoms with Gasteiger partial charge in [0, 0.05) is 6.04 Å². The van der Waals surface area contributed by atoms with E-state index in [0.29, 0.717) is 17.9 Å². The van der Waals surface area contributed by atoms with E-state index in [0.717, 1.165) is 5.56 Å². The Morgan fingerprint density at radius 1 is 1.04 bits per heavy atom. The Morgan fingerprint density at radius 2 is 1.74 bits per heavy atom. The van der Waals surface area contributed by atoms with Crippen LogP contribution < -0.4 is 14.2 Å². The Morgan fingerprint density at radius 3 is 2.33 bits per heavy atom. The average molecular weight is 393 g/mol. The van der Waals surface area contributed by atoms with E-state index in [1.54, 1.807) is 18.2 Å². The lowest BCUT2D eigenvalue weighted by atomic mass is 10.1. The van der Waals surface area contributed by atoms with Crippen molar-refractivity contribution >= 4 is 16.0 Å². The summed E-state index contributed by atoms with van der Waals surface area (Å²) < 4.78 is 43.4. The van der Waals surface area contributed by atoms with Gasteiger partial charge in [-0.05, 0) is 42.3 Å². The van der Waals surface area contributed by atoms with Gasteiger partial charge in [0.05, 0.1) is 31.8 Å². The van der Waals surface area contributed by atoms with Crippen molar-refractivity contribution in [1.82, 2.24) is 4.72 Å². The maximum absolute atomic E-state index is 12.8. The summed E-state index contributed by atoms with van der Waals surface area (Å²) in [6.45, 7) is 1.87. The number of sulfonamides is 1. The molecule has 7 nitrogen and oxygen atoms in total. The van der Waals surface area contributed by atoms with E-state index in [2.05, 4.69) is 9.46 Å². The number of ether oxygens (including phenoxy) is 3. The van der Waals surface area contributed by atoms with Crippen LogP contribution in [0.2, 0.25) is 0 Å². The number of benzene rings is 2. The molecule has 0 saturated carbocycles. The summed E-state index contributed by atoms with van der Waals surface area (Å²) in [6.07, 6.45) is 0.519. The molecular formula is C19H23NO6S. The zero-order chi connectivity index (χ0) is 20.0. The average Bonchev–Trinajstić information content (AvgIpc) is 2.70. The van der Waals surface area contributed by atoms with Crippen molar-refractivity contribution < 1.29 is 27.4 Å². The zero-order valence-electron chi connectivity index (χ0n) is 15.7. The fourth-order valence-corrected chi connectivity index (χ4v) is 3.97. The second kappa shape index (κ2) is 8.88. The van der Waals surface area contributed by atoms with E-state index in [9.17, 15) is 13.2 Å². The van der Waals surface area contributed by atoms with Gasteiger partial charge in [0.2, 0.25) is 10.0 Å². The fraction of sp³-hybridized carbons (Fsp3) is 0.316.